The molecule has 38 heavy (non-hydrogen) atoms. The van der Waals surface area contributed by atoms with Gasteiger partial charge < -0.3 is 5.32 Å². The van der Waals surface area contributed by atoms with E-state index in [0.717, 1.165) is 26.6 Å². The van der Waals surface area contributed by atoms with Gasteiger partial charge in [-0.05, 0) is 60.9 Å². The predicted molar refractivity (Wildman–Crippen MR) is 157 cm³/mol. The number of aryl methyl sites for hydroxylation is 1. The van der Waals surface area contributed by atoms with Crippen molar-refractivity contribution in [2.24, 2.45) is 0 Å². The first-order chi connectivity index (χ1) is 18.6. The molecular weight excluding hydrogens is 556 g/mol. The fourth-order valence-corrected chi connectivity index (χ4v) is 5.34. The number of carbonyl (C=O) groups is 1. The SMILES string of the molecule is Cc1ccc(-n2c(SCc3ccccc3)nnc2C(Cc2ccccc2)NC(=O)c2ccc(Br)cc2)cc1. The molecule has 0 saturated heterocycles. The number of halogens is 1. The van der Waals surface area contributed by atoms with Crippen LogP contribution in [0, 0.1) is 6.92 Å². The Kier molecular flexibility index (Phi) is 8.36. The number of hydrogen-bond donors (Lipinski definition) is 1. The molecule has 0 fully saturated rings. The topological polar surface area (TPSA) is 59.8 Å². The second-order valence-electron chi connectivity index (χ2n) is 9.01. The van der Waals surface area contributed by atoms with Gasteiger partial charge in [-0.15, -0.1) is 10.2 Å². The highest BCUT2D eigenvalue weighted by molar-refractivity contribution is 9.10. The summed E-state index contributed by atoms with van der Waals surface area (Å²) in [5, 5.41) is 13.3. The van der Waals surface area contributed by atoms with E-state index in [2.05, 4.69) is 91.5 Å². The molecule has 1 heterocycles. The third-order valence-corrected chi connectivity index (χ3v) is 7.70. The van der Waals surface area contributed by atoms with E-state index < -0.39 is 6.04 Å². The van der Waals surface area contributed by atoms with Crippen LogP contribution in [-0.2, 0) is 12.2 Å². The zero-order chi connectivity index (χ0) is 26.3. The van der Waals surface area contributed by atoms with Crippen LogP contribution in [0.15, 0.2) is 119 Å². The molecule has 1 amide bonds. The molecule has 0 aliphatic heterocycles. The van der Waals surface area contributed by atoms with Crippen LogP contribution < -0.4 is 5.32 Å². The molecule has 1 aromatic heterocycles. The van der Waals surface area contributed by atoms with Crippen molar-refractivity contribution in [3.05, 3.63) is 142 Å². The fraction of sp³-hybridized carbons (Fsp3) is 0.129. The van der Waals surface area contributed by atoms with E-state index in [-0.39, 0.29) is 5.91 Å². The molecule has 1 unspecified atom stereocenters. The number of hydrogen-bond acceptors (Lipinski definition) is 4. The number of carbonyl (C=O) groups excluding carboxylic acids is 1. The lowest BCUT2D eigenvalue weighted by Crippen LogP contribution is -2.32. The lowest BCUT2D eigenvalue weighted by molar-refractivity contribution is 0.0934. The number of nitrogens with zero attached hydrogens (tertiary/aromatic N) is 3. The van der Waals surface area contributed by atoms with Crippen molar-refractivity contribution in [2.45, 2.75) is 30.3 Å². The minimum Gasteiger partial charge on any atom is -0.342 e. The van der Waals surface area contributed by atoms with Gasteiger partial charge in [-0.3, -0.25) is 9.36 Å². The molecule has 0 saturated carbocycles. The highest BCUT2D eigenvalue weighted by atomic mass is 79.9. The number of nitrogens with one attached hydrogen (secondary N) is 1. The first-order valence-corrected chi connectivity index (χ1v) is 14.1. The Bertz CT molecular complexity index is 1490. The van der Waals surface area contributed by atoms with E-state index >= 15 is 0 Å². The van der Waals surface area contributed by atoms with Gasteiger partial charge in [0.05, 0.1) is 6.04 Å². The van der Waals surface area contributed by atoms with Crippen LogP contribution in [0.25, 0.3) is 5.69 Å². The molecule has 5 aromatic rings. The van der Waals surface area contributed by atoms with Gasteiger partial charge in [0.2, 0.25) is 0 Å². The quantitative estimate of drug-likeness (QED) is 0.185. The third kappa shape index (κ3) is 6.41. The Morgan fingerprint density at radius 2 is 1.47 bits per heavy atom. The van der Waals surface area contributed by atoms with Crippen LogP contribution in [-0.4, -0.2) is 20.7 Å². The van der Waals surface area contributed by atoms with E-state index in [1.165, 1.54) is 11.1 Å². The van der Waals surface area contributed by atoms with Gasteiger partial charge in [0.25, 0.3) is 5.91 Å². The summed E-state index contributed by atoms with van der Waals surface area (Å²) >= 11 is 5.08. The molecule has 0 radical (unpaired) electrons. The van der Waals surface area contributed by atoms with Crippen molar-refractivity contribution in [3.8, 4) is 5.69 Å². The third-order valence-electron chi connectivity index (χ3n) is 6.17. The molecule has 4 aromatic carbocycles. The Balaban J connectivity index is 1.53. The maximum absolute atomic E-state index is 13.4. The first kappa shape index (κ1) is 25.9. The van der Waals surface area contributed by atoms with Gasteiger partial charge >= 0.3 is 0 Å². The van der Waals surface area contributed by atoms with Crippen LogP contribution >= 0.6 is 27.7 Å². The smallest absolute Gasteiger partial charge is 0.251 e. The van der Waals surface area contributed by atoms with Crippen LogP contribution in [0.4, 0.5) is 0 Å². The average Bonchev–Trinajstić information content (AvgIpc) is 3.37. The second-order valence-corrected chi connectivity index (χ2v) is 10.9. The van der Waals surface area contributed by atoms with Gasteiger partial charge in [0.15, 0.2) is 11.0 Å². The molecule has 0 bridgehead atoms. The number of benzene rings is 4. The molecule has 0 aliphatic carbocycles. The largest absolute Gasteiger partial charge is 0.342 e. The number of amides is 1. The molecule has 5 nitrogen and oxygen atoms in total. The minimum atomic E-state index is -0.395. The Labute approximate surface area is 235 Å². The molecule has 0 spiro atoms. The highest BCUT2D eigenvalue weighted by Gasteiger charge is 2.25. The van der Waals surface area contributed by atoms with Crippen molar-refractivity contribution in [1.82, 2.24) is 20.1 Å². The molecular formula is C31H27BrN4OS. The van der Waals surface area contributed by atoms with Gasteiger partial charge in [-0.2, -0.15) is 0 Å². The standard InChI is InChI=1S/C31H27BrN4OS/c1-22-12-18-27(19-13-22)36-29(34-35-31(36)38-21-24-10-6-3-7-11-24)28(20-23-8-4-2-5-9-23)33-30(37)25-14-16-26(32)17-15-25/h2-19,28H,20-21H2,1H3,(H,33,37). The molecule has 1 N–H and O–H groups in total. The van der Waals surface area contributed by atoms with Crippen molar-refractivity contribution in [1.29, 1.82) is 0 Å². The maximum Gasteiger partial charge on any atom is 0.251 e. The average molecular weight is 584 g/mol. The summed E-state index contributed by atoms with van der Waals surface area (Å²) in [7, 11) is 0. The summed E-state index contributed by atoms with van der Waals surface area (Å²) < 4.78 is 3.00. The summed E-state index contributed by atoms with van der Waals surface area (Å²) in [6, 6.07) is 35.7. The lowest BCUT2D eigenvalue weighted by atomic mass is 10.0. The van der Waals surface area contributed by atoms with Crippen molar-refractivity contribution in [3.63, 3.8) is 0 Å². The summed E-state index contributed by atoms with van der Waals surface area (Å²) in [6.45, 7) is 2.07. The Morgan fingerprint density at radius 3 is 2.13 bits per heavy atom. The van der Waals surface area contributed by atoms with Crippen molar-refractivity contribution >= 4 is 33.6 Å². The predicted octanol–water partition coefficient (Wildman–Crippen LogP) is 7.34. The summed E-state index contributed by atoms with van der Waals surface area (Å²) in [5.41, 5.74) is 5.03. The zero-order valence-electron chi connectivity index (χ0n) is 20.9. The second kappa shape index (κ2) is 12.2. The Hall–Kier alpha value is -3.68. The van der Waals surface area contributed by atoms with Gasteiger partial charge in [-0.1, -0.05) is 106 Å². The molecule has 5 rings (SSSR count). The van der Waals surface area contributed by atoms with Gasteiger partial charge in [0.1, 0.15) is 0 Å². The van der Waals surface area contributed by atoms with E-state index in [0.29, 0.717) is 17.8 Å². The summed E-state index contributed by atoms with van der Waals surface area (Å²) in [4.78, 5) is 13.4. The first-order valence-electron chi connectivity index (χ1n) is 12.4. The van der Waals surface area contributed by atoms with Crippen molar-refractivity contribution < 1.29 is 4.79 Å². The van der Waals surface area contributed by atoms with Crippen LogP contribution in [0.2, 0.25) is 0 Å². The van der Waals surface area contributed by atoms with E-state index in [1.807, 2.05) is 60.7 Å². The van der Waals surface area contributed by atoms with E-state index in [1.54, 1.807) is 11.8 Å². The molecule has 1 atom stereocenters. The minimum absolute atomic E-state index is 0.157. The number of thioether (sulfide) groups is 1. The van der Waals surface area contributed by atoms with E-state index in [9.17, 15) is 4.79 Å². The summed E-state index contributed by atoms with van der Waals surface area (Å²) in [6.07, 6.45) is 0.580. The number of rotatable bonds is 9. The van der Waals surface area contributed by atoms with Crippen LogP contribution in [0.1, 0.15) is 38.9 Å². The molecule has 0 aliphatic rings. The number of aromatic nitrogens is 3. The lowest BCUT2D eigenvalue weighted by Gasteiger charge is -2.20. The van der Waals surface area contributed by atoms with Gasteiger partial charge in [0, 0.05) is 21.5 Å². The van der Waals surface area contributed by atoms with Gasteiger partial charge in [-0.25, -0.2) is 0 Å². The van der Waals surface area contributed by atoms with Crippen LogP contribution in [0.5, 0.6) is 0 Å². The fourth-order valence-electron chi connectivity index (χ4n) is 4.16. The summed E-state index contributed by atoms with van der Waals surface area (Å²) in [5.74, 6) is 1.30. The normalized spacial score (nSPS) is 11.7. The van der Waals surface area contributed by atoms with Crippen LogP contribution in [0.3, 0.4) is 0 Å². The van der Waals surface area contributed by atoms with E-state index in [4.69, 9.17) is 0 Å². The molecule has 190 valence electrons. The monoisotopic (exact) mass is 582 g/mol. The highest BCUT2D eigenvalue weighted by Crippen LogP contribution is 2.29. The molecule has 7 heteroatoms. The maximum atomic E-state index is 13.4. The van der Waals surface area contributed by atoms with Crippen molar-refractivity contribution in [2.75, 3.05) is 0 Å². The Morgan fingerprint density at radius 1 is 0.842 bits per heavy atom. The zero-order valence-corrected chi connectivity index (χ0v) is 23.3.